The summed E-state index contributed by atoms with van der Waals surface area (Å²) in [5.41, 5.74) is 2.40. The summed E-state index contributed by atoms with van der Waals surface area (Å²) in [4.78, 5) is 24.8. The molecule has 0 aliphatic carbocycles. The van der Waals surface area contributed by atoms with Crippen LogP contribution in [0, 0.1) is 5.92 Å². The maximum atomic E-state index is 12.6. The number of carbonyl (C=O) groups is 2. The molecule has 0 N–H and O–H groups in total. The van der Waals surface area contributed by atoms with Crippen molar-refractivity contribution < 1.29 is 28.5 Å². The molecule has 3 aromatic carbocycles. The fourth-order valence-corrected chi connectivity index (χ4v) is 4.08. The zero-order valence-corrected chi connectivity index (χ0v) is 24.9. The van der Waals surface area contributed by atoms with Crippen LogP contribution >= 0.6 is 0 Å². The van der Waals surface area contributed by atoms with E-state index in [0.717, 1.165) is 29.7 Å². The summed E-state index contributed by atoms with van der Waals surface area (Å²) in [5.74, 6) is 1.35. The highest BCUT2D eigenvalue weighted by Gasteiger charge is 2.17. The number of hydrogen-bond donors (Lipinski definition) is 0. The molecule has 3 aromatic rings. The van der Waals surface area contributed by atoms with E-state index in [2.05, 4.69) is 13.8 Å². The topological polar surface area (TPSA) is 71.1 Å². The molecule has 0 bridgehead atoms. The first kappa shape index (κ1) is 31.7. The van der Waals surface area contributed by atoms with Gasteiger partial charge in [-0.3, -0.25) is 0 Å². The lowest BCUT2D eigenvalue weighted by atomic mass is 10.1. The summed E-state index contributed by atoms with van der Waals surface area (Å²) >= 11 is 0. The molecule has 3 rings (SSSR count). The van der Waals surface area contributed by atoms with Crippen LogP contribution in [0.1, 0.15) is 83.0 Å². The predicted molar refractivity (Wildman–Crippen MR) is 163 cm³/mol. The molecule has 0 radical (unpaired) electrons. The van der Waals surface area contributed by atoms with Gasteiger partial charge in [-0.1, -0.05) is 83.6 Å². The first-order valence-corrected chi connectivity index (χ1v) is 14.9. The third kappa shape index (κ3) is 10.9. The Balaban J connectivity index is 1.45. The van der Waals surface area contributed by atoms with Gasteiger partial charge in [-0.15, -0.1) is 0 Å². The van der Waals surface area contributed by atoms with Gasteiger partial charge < -0.3 is 18.9 Å². The minimum absolute atomic E-state index is 0.325. The van der Waals surface area contributed by atoms with Crippen molar-refractivity contribution >= 4 is 11.9 Å². The highest BCUT2D eigenvalue weighted by atomic mass is 16.6. The molecule has 0 saturated heterocycles. The zero-order valence-electron chi connectivity index (χ0n) is 24.9. The Bertz CT molecular complexity index is 1180. The van der Waals surface area contributed by atoms with Crippen molar-refractivity contribution in [3.05, 3.63) is 78.4 Å². The molecule has 0 spiro atoms. The Morgan fingerprint density at radius 2 is 1.24 bits per heavy atom. The molecular weight excluding hydrogens is 516 g/mol. The fourth-order valence-electron chi connectivity index (χ4n) is 4.08. The first-order chi connectivity index (χ1) is 19.9. The highest BCUT2D eigenvalue weighted by Crippen LogP contribution is 2.26. The lowest BCUT2D eigenvalue weighted by Crippen LogP contribution is -2.27. The van der Waals surface area contributed by atoms with E-state index in [0.29, 0.717) is 36.2 Å². The molecule has 0 aromatic heterocycles. The van der Waals surface area contributed by atoms with Crippen molar-refractivity contribution in [2.24, 2.45) is 5.92 Å². The van der Waals surface area contributed by atoms with Crippen LogP contribution in [0.2, 0.25) is 0 Å². The van der Waals surface area contributed by atoms with Gasteiger partial charge in [-0.25, -0.2) is 9.59 Å². The summed E-state index contributed by atoms with van der Waals surface area (Å²) < 4.78 is 22.4. The van der Waals surface area contributed by atoms with Gasteiger partial charge in [0.25, 0.3) is 0 Å². The number of hydrogen-bond acceptors (Lipinski definition) is 6. The summed E-state index contributed by atoms with van der Waals surface area (Å²) in [6.07, 6.45) is 7.58. The Labute approximate surface area is 245 Å². The zero-order chi connectivity index (χ0) is 29.5. The molecule has 2 atom stereocenters. The Morgan fingerprint density at radius 3 is 1.85 bits per heavy atom. The average molecular weight is 561 g/mol. The Hall–Kier alpha value is -3.80. The molecule has 0 aliphatic rings. The van der Waals surface area contributed by atoms with E-state index in [1.165, 1.54) is 32.1 Å². The first-order valence-electron chi connectivity index (χ1n) is 14.9. The maximum Gasteiger partial charge on any atom is 0.347 e. The van der Waals surface area contributed by atoms with Crippen LogP contribution in [0.3, 0.4) is 0 Å². The Morgan fingerprint density at radius 1 is 0.683 bits per heavy atom. The van der Waals surface area contributed by atoms with Crippen molar-refractivity contribution in [2.45, 2.75) is 78.7 Å². The van der Waals surface area contributed by atoms with Crippen molar-refractivity contribution in [3.63, 3.8) is 0 Å². The third-order valence-electron chi connectivity index (χ3n) is 6.96. The summed E-state index contributed by atoms with van der Waals surface area (Å²) in [6, 6.07) is 21.9. The smallest absolute Gasteiger partial charge is 0.347 e. The van der Waals surface area contributed by atoms with Crippen molar-refractivity contribution in [1.82, 2.24) is 0 Å². The molecule has 0 aliphatic heterocycles. The number of ether oxygens (including phenoxy) is 4. The molecule has 0 amide bonds. The van der Waals surface area contributed by atoms with Gasteiger partial charge in [0.1, 0.15) is 17.2 Å². The molecule has 0 fully saturated rings. The molecular formula is C35H44O6. The number of unbranched alkanes of at least 4 members (excludes halogenated alkanes) is 5. The summed E-state index contributed by atoms with van der Waals surface area (Å²) in [7, 11) is 0. The maximum absolute atomic E-state index is 12.6. The number of rotatable bonds is 17. The molecule has 6 nitrogen and oxygen atoms in total. The van der Waals surface area contributed by atoms with Crippen LogP contribution < -0.4 is 14.2 Å². The number of benzene rings is 3. The van der Waals surface area contributed by atoms with Crippen LogP contribution in [0.4, 0.5) is 0 Å². The van der Waals surface area contributed by atoms with Crippen LogP contribution in [-0.2, 0) is 9.53 Å². The summed E-state index contributed by atoms with van der Waals surface area (Å²) in [5, 5.41) is 0. The van der Waals surface area contributed by atoms with Gasteiger partial charge in [0.2, 0.25) is 0 Å². The van der Waals surface area contributed by atoms with E-state index in [4.69, 9.17) is 18.9 Å². The van der Waals surface area contributed by atoms with Crippen LogP contribution in [-0.4, -0.2) is 31.3 Å². The van der Waals surface area contributed by atoms with Crippen LogP contribution in [0.15, 0.2) is 72.8 Å². The van der Waals surface area contributed by atoms with Gasteiger partial charge in [-0.2, -0.15) is 0 Å². The van der Waals surface area contributed by atoms with E-state index in [1.54, 1.807) is 43.3 Å². The van der Waals surface area contributed by atoms with Gasteiger partial charge >= 0.3 is 11.9 Å². The SMILES string of the molecule is CCCCCCCCOc1ccc(C(=O)Oc2ccc(-c3ccc(OC(C)C(=O)OCC(C)CC)cc3)cc2)cc1. The van der Waals surface area contributed by atoms with Gasteiger partial charge in [0, 0.05) is 0 Å². The molecule has 220 valence electrons. The number of esters is 2. The lowest BCUT2D eigenvalue weighted by molar-refractivity contribution is -0.152. The second-order valence-corrected chi connectivity index (χ2v) is 10.5. The van der Waals surface area contributed by atoms with Crippen molar-refractivity contribution in [1.29, 1.82) is 0 Å². The molecule has 2 unspecified atom stereocenters. The molecule has 6 heteroatoms. The lowest BCUT2D eigenvalue weighted by Gasteiger charge is -2.16. The predicted octanol–water partition coefficient (Wildman–Crippen LogP) is 8.67. The molecule has 0 saturated carbocycles. The van der Waals surface area contributed by atoms with Gasteiger partial charge in [0.15, 0.2) is 6.10 Å². The monoisotopic (exact) mass is 560 g/mol. The molecule has 41 heavy (non-hydrogen) atoms. The third-order valence-corrected chi connectivity index (χ3v) is 6.96. The number of carbonyl (C=O) groups excluding carboxylic acids is 2. The van der Waals surface area contributed by atoms with E-state index in [1.807, 2.05) is 43.3 Å². The summed E-state index contributed by atoms with van der Waals surface area (Å²) in [6.45, 7) is 9.09. The quantitative estimate of drug-likeness (QED) is 0.0934. The van der Waals surface area contributed by atoms with Crippen LogP contribution in [0.25, 0.3) is 11.1 Å². The Kier molecular flexibility index (Phi) is 13.2. The van der Waals surface area contributed by atoms with Crippen molar-refractivity contribution in [2.75, 3.05) is 13.2 Å². The van der Waals surface area contributed by atoms with E-state index >= 15 is 0 Å². The minimum Gasteiger partial charge on any atom is -0.494 e. The van der Waals surface area contributed by atoms with E-state index < -0.39 is 12.1 Å². The van der Waals surface area contributed by atoms with Gasteiger partial charge in [0.05, 0.1) is 18.8 Å². The fraction of sp³-hybridized carbons (Fsp3) is 0.429. The normalized spacial score (nSPS) is 12.3. The average Bonchev–Trinajstić information content (AvgIpc) is 3.00. The second-order valence-electron chi connectivity index (χ2n) is 10.5. The largest absolute Gasteiger partial charge is 0.494 e. The van der Waals surface area contributed by atoms with Gasteiger partial charge in [-0.05, 0) is 78.9 Å². The van der Waals surface area contributed by atoms with E-state index in [9.17, 15) is 9.59 Å². The second kappa shape index (κ2) is 17.1. The highest BCUT2D eigenvalue weighted by molar-refractivity contribution is 5.91. The van der Waals surface area contributed by atoms with Crippen LogP contribution in [0.5, 0.6) is 17.2 Å². The standard InChI is InChI=1S/C35H44O6/c1-5-7-8-9-10-11-24-38-31-18-16-30(17-19-31)35(37)41-33-22-14-29(15-23-33)28-12-20-32(21-13-28)40-27(4)34(36)39-25-26(3)6-2/h12-23,26-27H,5-11,24-25H2,1-4H3. The van der Waals surface area contributed by atoms with Crippen molar-refractivity contribution in [3.8, 4) is 28.4 Å². The minimum atomic E-state index is -0.687. The van der Waals surface area contributed by atoms with E-state index in [-0.39, 0.29) is 5.97 Å². The molecule has 0 heterocycles.